The molecule has 0 aliphatic carbocycles. The Hall–Kier alpha value is -0.170. The molecule has 1 N–H and O–H groups in total. The Morgan fingerprint density at radius 1 is 1.41 bits per heavy atom. The summed E-state index contributed by atoms with van der Waals surface area (Å²) in [6.45, 7) is 0. The Morgan fingerprint density at radius 3 is 2.53 bits per heavy atom. The zero-order valence-corrected chi connectivity index (χ0v) is 12.9. The summed E-state index contributed by atoms with van der Waals surface area (Å²) in [5, 5.41) is 9.79. The van der Waals surface area contributed by atoms with Gasteiger partial charge in [0.25, 0.3) is 0 Å². The Labute approximate surface area is 117 Å². The first kappa shape index (κ1) is 14.9. The van der Waals surface area contributed by atoms with Crippen LogP contribution in [0.2, 0.25) is 0 Å². The number of aliphatic hydroxyl groups excluding tert-OH is 1. The summed E-state index contributed by atoms with van der Waals surface area (Å²) in [4.78, 5) is 13.4. The number of esters is 1. The van der Waals surface area contributed by atoms with E-state index < -0.39 is 12.1 Å². The van der Waals surface area contributed by atoms with Gasteiger partial charge in [-0.1, -0.05) is 0 Å². The molecule has 0 saturated carbocycles. The normalized spacial score (nSPS) is 12.3. The second-order valence-electron chi connectivity index (χ2n) is 3.16. The Morgan fingerprint density at radius 2 is 2.06 bits per heavy atom. The third-order valence-corrected chi connectivity index (χ3v) is 4.82. The molecule has 1 atom stereocenters. The second kappa shape index (κ2) is 6.68. The van der Waals surface area contributed by atoms with Crippen LogP contribution in [0.25, 0.3) is 0 Å². The molecule has 17 heavy (non-hydrogen) atoms. The Bertz CT molecular complexity index is 423. The summed E-state index contributed by atoms with van der Waals surface area (Å²) in [7, 11) is 1.26. The van der Waals surface area contributed by atoms with Crippen LogP contribution in [-0.2, 0) is 9.53 Å². The van der Waals surface area contributed by atoms with Crippen LogP contribution >= 0.6 is 39.5 Å². The van der Waals surface area contributed by atoms with Gasteiger partial charge in [-0.25, -0.2) is 4.79 Å². The zero-order chi connectivity index (χ0) is 13.0. The van der Waals surface area contributed by atoms with Crippen LogP contribution in [0.5, 0.6) is 0 Å². The molecule has 0 radical (unpaired) electrons. The van der Waals surface area contributed by atoms with E-state index in [1.54, 1.807) is 29.6 Å². The number of carbonyl (C=O) groups excluding carboxylic acids is 1. The van der Waals surface area contributed by atoms with Crippen molar-refractivity contribution >= 4 is 45.4 Å². The molecule has 0 fully saturated rings. The smallest absolute Gasteiger partial charge is 0.339 e. The van der Waals surface area contributed by atoms with Gasteiger partial charge in [-0.3, -0.25) is 0 Å². The highest BCUT2D eigenvalue weighted by Crippen LogP contribution is 2.37. The lowest BCUT2D eigenvalue weighted by molar-refractivity contribution is -0.150. The highest BCUT2D eigenvalue weighted by molar-refractivity contribution is 9.10. The van der Waals surface area contributed by atoms with Gasteiger partial charge in [-0.15, -0.1) is 23.5 Å². The SMILES string of the molecule is COC(=O)C(O)c1cc(Br)c(SC)c(SC)c1. The van der Waals surface area contributed by atoms with E-state index in [1.165, 1.54) is 7.11 Å². The summed E-state index contributed by atoms with van der Waals surface area (Å²) >= 11 is 6.63. The number of carbonyl (C=O) groups is 1. The molecule has 0 aromatic heterocycles. The molecule has 0 aliphatic heterocycles. The van der Waals surface area contributed by atoms with E-state index in [2.05, 4.69) is 20.7 Å². The van der Waals surface area contributed by atoms with Crippen molar-refractivity contribution in [2.45, 2.75) is 15.9 Å². The number of rotatable bonds is 4. The fourth-order valence-corrected chi connectivity index (χ4v) is 4.00. The molecular weight excluding hydrogens is 324 g/mol. The maximum atomic E-state index is 11.3. The predicted octanol–water partition coefficient (Wildman–Crippen LogP) is 3.10. The number of hydrogen-bond acceptors (Lipinski definition) is 5. The first-order valence-corrected chi connectivity index (χ1v) is 7.96. The number of benzene rings is 1. The molecule has 94 valence electrons. The molecule has 6 heteroatoms. The third-order valence-electron chi connectivity index (χ3n) is 2.20. The van der Waals surface area contributed by atoms with E-state index in [1.807, 2.05) is 18.6 Å². The Kier molecular flexibility index (Phi) is 5.85. The first-order valence-electron chi connectivity index (χ1n) is 4.72. The van der Waals surface area contributed by atoms with Gasteiger partial charge in [-0.2, -0.15) is 0 Å². The molecule has 0 aliphatic rings. The third kappa shape index (κ3) is 3.40. The van der Waals surface area contributed by atoms with Crippen molar-refractivity contribution in [1.82, 2.24) is 0 Å². The molecule has 0 heterocycles. The summed E-state index contributed by atoms with van der Waals surface area (Å²) < 4.78 is 5.39. The first-order chi connectivity index (χ1) is 8.04. The molecule has 0 amide bonds. The minimum atomic E-state index is -1.24. The van der Waals surface area contributed by atoms with Gasteiger partial charge < -0.3 is 9.84 Å². The molecule has 0 spiro atoms. The van der Waals surface area contributed by atoms with E-state index in [0.717, 1.165) is 14.3 Å². The van der Waals surface area contributed by atoms with Crippen LogP contribution < -0.4 is 0 Å². The largest absolute Gasteiger partial charge is 0.467 e. The second-order valence-corrected chi connectivity index (χ2v) is 5.68. The topological polar surface area (TPSA) is 46.5 Å². The van der Waals surface area contributed by atoms with Crippen molar-refractivity contribution in [2.75, 3.05) is 19.6 Å². The monoisotopic (exact) mass is 336 g/mol. The van der Waals surface area contributed by atoms with Crippen molar-refractivity contribution in [3.8, 4) is 0 Å². The number of halogens is 1. The quantitative estimate of drug-likeness (QED) is 0.676. The van der Waals surface area contributed by atoms with Crippen molar-refractivity contribution in [2.24, 2.45) is 0 Å². The molecule has 1 aromatic rings. The van der Waals surface area contributed by atoms with Crippen LogP contribution in [-0.4, -0.2) is 30.7 Å². The lowest BCUT2D eigenvalue weighted by Crippen LogP contribution is -2.13. The maximum Gasteiger partial charge on any atom is 0.339 e. The minimum absolute atomic E-state index is 0.533. The van der Waals surface area contributed by atoms with Gasteiger partial charge in [-0.05, 0) is 46.1 Å². The van der Waals surface area contributed by atoms with Crippen molar-refractivity contribution in [1.29, 1.82) is 0 Å². The molecule has 3 nitrogen and oxygen atoms in total. The highest BCUT2D eigenvalue weighted by Gasteiger charge is 2.20. The van der Waals surface area contributed by atoms with Crippen molar-refractivity contribution in [3.05, 3.63) is 22.2 Å². The van der Waals surface area contributed by atoms with Crippen molar-refractivity contribution < 1.29 is 14.6 Å². The van der Waals surface area contributed by atoms with E-state index in [-0.39, 0.29) is 0 Å². The minimum Gasteiger partial charge on any atom is -0.467 e. The number of hydrogen-bond donors (Lipinski definition) is 1. The molecule has 0 bridgehead atoms. The summed E-state index contributed by atoms with van der Waals surface area (Å²) in [6, 6.07) is 3.55. The molecule has 1 rings (SSSR count). The average molecular weight is 337 g/mol. The van der Waals surface area contributed by atoms with Gasteiger partial charge in [0.05, 0.1) is 7.11 Å². The number of thioether (sulfide) groups is 2. The predicted molar refractivity (Wildman–Crippen MR) is 74.7 cm³/mol. The van der Waals surface area contributed by atoms with Gasteiger partial charge in [0.2, 0.25) is 0 Å². The average Bonchev–Trinajstić information content (AvgIpc) is 2.35. The Balaban J connectivity index is 3.19. The summed E-state index contributed by atoms with van der Waals surface area (Å²) in [5.74, 6) is -0.652. The van der Waals surface area contributed by atoms with Crippen LogP contribution in [0.4, 0.5) is 0 Å². The summed E-state index contributed by atoms with van der Waals surface area (Å²) in [5.41, 5.74) is 0.533. The van der Waals surface area contributed by atoms with Gasteiger partial charge in [0, 0.05) is 14.3 Å². The van der Waals surface area contributed by atoms with E-state index >= 15 is 0 Å². The van der Waals surface area contributed by atoms with E-state index in [4.69, 9.17) is 0 Å². The van der Waals surface area contributed by atoms with E-state index in [0.29, 0.717) is 5.56 Å². The summed E-state index contributed by atoms with van der Waals surface area (Å²) in [6.07, 6.45) is 2.70. The van der Waals surface area contributed by atoms with Crippen LogP contribution in [0.3, 0.4) is 0 Å². The van der Waals surface area contributed by atoms with Gasteiger partial charge >= 0.3 is 5.97 Å². The lowest BCUT2D eigenvalue weighted by atomic mass is 10.1. The lowest BCUT2D eigenvalue weighted by Gasteiger charge is -2.13. The number of ether oxygens (including phenoxy) is 1. The molecule has 1 unspecified atom stereocenters. The molecule has 0 saturated heterocycles. The number of methoxy groups -OCH3 is 1. The standard InChI is InChI=1S/C11H13BrO3S2/c1-15-11(14)9(13)6-4-7(12)10(17-3)8(5-6)16-2/h4-5,9,13H,1-3H3. The van der Waals surface area contributed by atoms with Crippen LogP contribution in [0.15, 0.2) is 26.4 Å². The number of aliphatic hydroxyl groups is 1. The van der Waals surface area contributed by atoms with Gasteiger partial charge in [0.1, 0.15) is 0 Å². The molecular formula is C11H13BrO3S2. The van der Waals surface area contributed by atoms with Crippen LogP contribution in [0, 0.1) is 0 Å². The molecule has 1 aromatic carbocycles. The maximum absolute atomic E-state index is 11.3. The fourth-order valence-electron chi connectivity index (χ4n) is 1.34. The van der Waals surface area contributed by atoms with Gasteiger partial charge in [0.15, 0.2) is 6.10 Å². The fraction of sp³-hybridized carbons (Fsp3) is 0.364. The highest BCUT2D eigenvalue weighted by atomic mass is 79.9. The van der Waals surface area contributed by atoms with Crippen LogP contribution in [0.1, 0.15) is 11.7 Å². The van der Waals surface area contributed by atoms with Crippen molar-refractivity contribution in [3.63, 3.8) is 0 Å². The van der Waals surface area contributed by atoms with E-state index in [9.17, 15) is 9.90 Å². The zero-order valence-electron chi connectivity index (χ0n) is 9.69.